The van der Waals surface area contributed by atoms with Gasteiger partial charge in [0.25, 0.3) is 11.8 Å². The van der Waals surface area contributed by atoms with Crippen molar-refractivity contribution in [3.8, 4) is 0 Å². The minimum atomic E-state index is -0.114. The van der Waals surface area contributed by atoms with Gasteiger partial charge in [0.15, 0.2) is 0 Å². The molecule has 1 aromatic carbocycles. The lowest BCUT2D eigenvalue weighted by Crippen LogP contribution is -2.31. The highest BCUT2D eigenvalue weighted by atomic mass is 16.2. The molecule has 0 saturated carbocycles. The van der Waals surface area contributed by atoms with Gasteiger partial charge in [0.1, 0.15) is 0 Å². The number of likely N-dealkylation sites (N-methyl/N-ethyl adjacent to an activating group) is 1. The van der Waals surface area contributed by atoms with Crippen LogP contribution in [0.25, 0.3) is 0 Å². The Labute approximate surface area is 133 Å². The van der Waals surface area contributed by atoms with Crippen LogP contribution < -0.4 is 10.6 Å². The molecule has 0 heterocycles. The molecule has 1 aromatic rings. The Kier molecular flexibility index (Phi) is 8.22. The van der Waals surface area contributed by atoms with Crippen molar-refractivity contribution in [1.29, 1.82) is 0 Å². The van der Waals surface area contributed by atoms with Crippen LogP contribution in [0.3, 0.4) is 0 Å². The molecule has 0 unspecified atom stereocenters. The second kappa shape index (κ2) is 9.95. The fourth-order valence-electron chi connectivity index (χ4n) is 1.95. The Morgan fingerprint density at radius 3 is 1.86 bits per heavy atom. The lowest BCUT2D eigenvalue weighted by Gasteiger charge is -2.10. The standard InChI is InChI=1S/C17H27N3O2/c1-4-5-6-11-18-16(21)14-7-9-15(10-8-14)17(22)19-12-13-20(2)3/h7-10H,4-6,11-13H2,1-3H3,(H,18,21)(H,19,22). The maximum Gasteiger partial charge on any atom is 0.251 e. The van der Waals surface area contributed by atoms with E-state index in [0.717, 1.165) is 25.8 Å². The first-order valence-electron chi connectivity index (χ1n) is 7.85. The zero-order valence-corrected chi connectivity index (χ0v) is 13.8. The quantitative estimate of drug-likeness (QED) is 0.685. The van der Waals surface area contributed by atoms with Gasteiger partial charge in [0.2, 0.25) is 0 Å². The molecule has 5 heteroatoms. The van der Waals surface area contributed by atoms with Crippen molar-refractivity contribution in [2.75, 3.05) is 33.7 Å². The number of benzene rings is 1. The molecule has 122 valence electrons. The first-order chi connectivity index (χ1) is 10.5. The molecule has 2 amide bonds. The van der Waals surface area contributed by atoms with Crippen molar-refractivity contribution in [1.82, 2.24) is 15.5 Å². The van der Waals surface area contributed by atoms with Crippen LogP contribution in [0.2, 0.25) is 0 Å². The highest BCUT2D eigenvalue weighted by Crippen LogP contribution is 2.05. The summed E-state index contributed by atoms with van der Waals surface area (Å²) in [5.74, 6) is -0.201. The third kappa shape index (κ3) is 6.72. The van der Waals surface area contributed by atoms with E-state index in [2.05, 4.69) is 17.6 Å². The third-order valence-corrected chi connectivity index (χ3v) is 3.32. The summed E-state index contributed by atoms with van der Waals surface area (Å²) in [6.07, 6.45) is 3.24. The Hall–Kier alpha value is -1.88. The lowest BCUT2D eigenvalue weighted by atomic mass is 10.1. The Balaban J connectivity index is 2.44. The van der Waals surface area contributed by atoms with Crippen molar-refractivity contribution in [2.45, 2.75) is 26.2 Å². The van der Waals surface area contributed by atoms with E-state index in [0.29, 0.717) is 24.2 Å². The van der Waals surface area contributed by atoms with Gasteiger partial charge >= 0.3 is 0 Å². The van der Waals surface area contributed by atoms with Crippen LogP contribution in [0, 0.1) is 0 Å². The predicted molar refractivity (Wildman–Crippen MR) is 89.2 cm³/mol. The number of unbranched alkanes of at least 4 members (excludes halogenated alkanes) is 2. The van der Waals surface area contributed by atoms with Crippen molar-refractivity contribution in [3.05, 3.63) is 35.4 Å². The number of nitrogens with zero attached hydrogens (tertiary/aromatic N) is 1. The van der Waals surface area contributed by atoms with Gasteiger partial charge in [-0.15, -0.1) is 0 Å². The van der Waals surface area contributed by atoms with Gasteiger partial charge in [-0.25, -0.2) is 0 Å². The van der Waals surface area contributed by atoms with Gasteiger partial charge in [0, 0.05) is 30.8 Å². The van der Waals surface area contributed by atoms with Crippen molar-refractivity contribution >= 4 is 11.8 Å². The molecular formula is C17H27N3O2. The van der Waals surface area contributed by atoms with Gasteiger partial charge in [-0.2, -0.15) is 0 Å². The van der Waals surface area contributed by atoms with Crippen molar-refractivity contribution < 1.29 is 9.59 Å². The fraction of sp³-hybridized carbons (Fsp3) is 0.529. The summed E-state index contributed by atoms with van der Waals surface area (Å²) in [6.45, 7) is 4.22. The van der Waals surface area contributed by atoms with E-state index in [4.69, 9.17) is 0 Å². The average Bonchev–Trinajstić information content (AvgIpc) is 2.51. The highest BCUT2D eigenvalue weighted by molar-refractivity contribution is 5.97. The van der Waals surface area contributed by atoms with E-state index >= 15 is 0 Å². The second-order valence-corrected chi connectivity index (χ2v) is 5.60. The van der Waals surface area contributed by atoms with Gasteiger partial charge in [-0.3, -0.25) is 9.59 Å². The van der Waals surface area contributed by atoms with Gasteiger partial charge in [-0.05, 0) is 44.8 Å². The number of hydrogen-bond donors (Lipinski definition) is 2. The number of hydrogen-bond acceptors (Lipinski definition) is 3. The Morgan fingerprint density at radius 1 is 0.909 bits per heavy atom. The molecule has 22 heavy (non-hydrogen) atoms. The molecule has 0 aromatic heterocycles. The van der Waals surface area contributed by atoms with E-state index in [1.165, 1.54) is 0 Å². The second-order valence-electron chi connectivity index (χ2n) is 5.60. The van der Waals surface area contributed by atoms with Crippen LogP contribution in [0.15, 0.2) is 24.3 Å². The minimum absolute atomic E-state index is 0.0873. The summed E-state index contributed by atoms with van der Waals surface area (Å²) in [7, 11) is 3.92. The normalized spacial score (nSPS) is 10.5. The smallest absolute Gasteiger partial charge is 0.251 e. The van der Waals surface area contributed by atoms with Crippen molar-refractivity contribution in [3.63, 3.8) is 0 Å². The number of rotatable bonds is 9. The summed E-state index contributed by atoms with van der Waals surface area (Å²) >= 11 is 0. The van der Waals surface area contributed by atoms with Gasteiger partial charge in [0.05, 0.1) is 0 Å². The SMILES string of the molecule is CCCCCNC(=O)c1ccc(C(=O)NCCN(C)C)cc1. The largest absolute Gasteiger partial charge is 0.352 e. The Morgan fingerprint density at radius 2 is 1.41 bits per heavy atom. The van der Waals surface area contributed by atoms with E-state index in [1.54, 1.807) is 24.3 Å². The molecule has 0 aliphatic heterocycles. The van der Waals surface area contributed by atoms with E-state index in [-0.39, 0.29) is 11.8 Å². The summed E-state index contributed by atoms with van der Waals surface area (Å²) in [6, 6.07) is 6.75. The summed E-state index contributed by atoms with van der Waals surface area (Å²) in [5.41, 5.74) is 1.16. The van der Waals surface area contributed by atoms with Gasteiger partial charge < -0.3 is 15.5 Å². The van der Waals surface area contributed by atoms with Crippen LogP contribution in [-0.2, 0) is 0 Å². The average molecular weight is 305 g/mol. The van der Waals surface area contributed by atoms with Crippen LogP contribution in [-0.4, -0.2) is 50.4 Å². The topological polar surface area (TPSA) is 61.4 Å². The van der Waals surface area contributed by atoms with E-state index in [1.807, 2.05) is 19.0 Å². The van der Waals surface area contributed by atoms with Gasteiger partial charge in [-0.1, -0.05) is 19.8 Å². The Bertz CT molecular complexity index is 469. The zero-order valence-electron chi connectivity index (χ0n) is 13.8. The van der Waals surface area contributed by atoms with Crippen LogP contribution in [0.1, 0.15) is 46.9 Å². The molecule has 1 rings (SSSR count). The zero-order chi connectivity index (χ0) is 16.4. The molecule has 0 saturated heterocycles. The van der Waals surface area contributed by atoms with Crippen LogP contribution in [0.5, 0.6) is 0 Å². The number of amides is 2. The monoisotopic (exact) mass is 305 g/mol. The fourth-order valence-corrected chi connectivity index (χ4v) is 1.95. The maximum atomic E-state index is 11.9. The first-order valence-corrected chi connectivity index (χ1v) is 7.85. The molecule has 0 bridgehead atoms. The first kappa shape index (κ1) is 18.2. The minimum Gasteiger partial charge on any atom is -0.352 e. The number of nitrogens with one attached hydrogen (secondary N) is 2. The molecular weight excluding hydrogens is 278 g/mol. The molecule has 0 atom stereocenters. The number of carbonyl (C=O) groups excluding carboxylic acids is 2. The summed E-state index contributed by atoms with van der Waals surface area (Å²) in [5, 5.41) is 5.73. The molecule has 5 nitrogen and oxygen atoms in total. The maximum absolute atomic E-state index is 11.9. The van der Waals surface area contributed by atoms with Crippen LogP contribution >= 0.6 is 0 Å². The molecule has 2 N–H and O–H groups in total. The molecule has 0 fully saturated rings. The van der Waals surface area contributed by atoms with E-state index < -0.39 is 0 Å². The summed E-state index contributed by atoms with van der Waals surface area (Å²) < 4.78 is 0. The van der Waals surface area contributed by atoms with E-state index in [9.17, 15) is 9.59 Å². The molecule has 0 spiro atoms. The highest BCUT2D eigenvalue weighted by Gasteiger charge is 2.08. The lowest BCUT2D eigenvalue weighted by molar-refractivity contribution is 0.0940. The third-order valence-electron chi connectivity index (χ3n) is 3.32. The summed E-state index contributed by atoms with van der Waals surface area (Å²) in [4.78, 5) is 25.8. The molecule has 0 aliphatic carbocycles. The van der Waals surface area contributed by atoms with Crippen LogP contribution in [0.4, 0.5) is 0 Å². The predicted octanol–water partition coefficient (Wildman–Crippen LogP) is 1.90. The molecule has 0 aliphatic rings. The molecule has 0 radical (unpaired) electrons. The van der Waals surface area contributed by atoms with Crippen molar-refractivity contribution in [2.24, 2.45) is 0 Å². The number of carbonyl (C=O) groups is 2.